The van der Waals surface area contributed by atoms with Crippen molar-refractivity contribution in [1.29, 1.82) is 0 Å². The van der Waals surface area contributed by atoms with Gasteiger partial charge in [-0.3, -0.25) is 4.68 Å². The Morgan fingerprint density at radius 1 is 1.47 bits per heavy atom. The summed E-state index contributed by atoms with van der Waals surface area (Å²) in [6.45, 7) is 3.78. The summed E-state index contributed by atoms with van der Waals surface area (Å²) in [4.78, 5) is 10.9. The summed E-state index contributed by atoms with van der Waals surface area (Å²) < 4.78 is 1.85. The van der Waals surface area contributed by atoms with Crippen molar-refractivity contribution in [3.05, 3.63) is 17.5 Å². The topological polar surface area (TPSA) is 67.1 Å². The molecule has 1 aromatic rings. The minimum Gasteiger partial charge on any atom is -0.478 e. The van der Waals surface area contributed by atoms with Gasteiger partial charge in [0.15, 0.2) is 0 Å². The normalized spacial score (nSPS) is 15.8. The molecule has 0 aromatic carbocycles. The average molecular weight is 282 g/mol. The van der Waals surface area contributed by atoms with Crippen LogP contribution in [-0.2, 0) is 0 Å². The van der Waals surface area contributed by atoms with Gasteiger partial charge in [-0.1, -0.05) is 0 Å². The molecule has 0 saturated carbocycles. The quantitative estimate of drug-likeness (QED) is 0.865. The summed E-state index contributed by atoms with van der Waals surface area (Å²) in [6, 6.07) is 0.347. The lowest BCUT2D eigenvalue weighted by atomic mass is 10.1. The zero-order valence-corrected chi connectivity index (χ0v) is 11.2. The van der Waals surface area contributed by atoms with E-state index in [4.69, 9.17) is 5.11 Å². The van der Waals surface area contributed by atoms with Gasteiger partial charge in [-0.05, 0) is 32.9 Å². The third kappa shape index (κ3) is 3.34. The summed E-state index contributed by atoms with van der Waals surface area (Å²) >= 11 is 0. The van der Waals surface area contributed by atoms with E-state index in [0.29, 0.717) is 11.6 Å². The Morgan fingerprint density at radius 3 is 2.53 bits per heavy atom. The monoisotopic (exact) mass is 281 g/mol. The number of halogens is 2. The lowest BCUT2D eigenvalue weighted by Gasteiger charge is -2.24. The first kappa shape index (κ1) is 16.2. The first-order valence-electron chi connectivity index (χ1n) is 5.18. The molecule has 2 rings (SSSR count). The fraction of sp³-hybridized carbons (Fsp3) is 0.600. The first-order chi connectivity index (χ1) is 7.20. The second-order valence-electron chi connectivity index (χ2n) is 3.87. The highest BCUT2D eigenvalue weighted by Crippen LogP contribution is 2.21. The summed E-state index contributed by atoms with van der Waals surface area (Å²) in [5.41, 5.74) is 1.07. The van der Waals surface area contributed by atoms with Crippen LogP contribution in [0.4, 0.5) is 0 Å². The van der Waals surface area contributed by atoms with Crippen molar-refractivity contribution in [1.82, 2.24) is 15.1 Å². The van der Waals surface area contributed by atoms with Gasteiger partial charge in [0.05, 0.1) is 17.9 Å². The number of carbonyl (C=O) groups is 1. The van der Waals surface area contributed by atoms with Gasteiger partial charge in [0, 0.05) is 0 Å². The SMILES string of the molecule is Cc1c(C(=O)O)cnn1C1CCNCC1.Cl.Cl. The van der Waals surface area contributed by atoms with Crippen molar-refractivity contribution in [3.8, 4) is 0 Å². The highest BCUT2D eigenvalue weighted by Gasteiger charge is 2.20. The molecular formula is C10H17Cl2N3O2. The number of carboxylic acids is 1. The predicted molar refractivity (Wildman–Crippen MR) is 69.6 cm³/mol. The standard InChI is InChI=1S/C10H15N3O2.2ClH/c1-7-9(10(14)15)6-12-13(7)8-2-4-11-5-3-8;;/h6,8,11H,2-5H2,1H3,(H,14,15);2*1H. The number of aromatic nitrogens is 2. The number of nitrogens with zero attached hydrogens (tertiary/aromatic N) is 2. The van der Waals surface area contributed by atoms with Gasteiger partial charge in [-0.25, -0.2) is 4.79 Å². The van der Waals surface area contributed by atoms with Crippen LogP contribution >= 0.6 is 24.8 Å². The summed E-state index contributed by atoms with van der Waals surface area (Å²) in [5.74, 6) is -0.896. The third-order valence-electron chi connectivity index (χ3n) is 2.93. The van der Waals surface area contributed by atoms with E-state index in [1.165, 1.54) is 6.20 Å². The predicted octanol–water partition coefficient (Wildman–Crippen LogP) is 1.66. The number of aromatic carboxylic acids is 1. The Morgan fingerprint density at radius 2 is 2.06 bits per heavy atom. The molecule has 0 atom stereocenters. The highest BCUT2D eigenvalue weighted by atomic mass is 35.5. The minimum atomic E-state index is -0.896. The van der Waals surface area contributed by atoms with Crippen molar-refractivity contribution >= 4 is 30.8 Å². The third-order valence-corrected chi connectivity index (χ3v) is 2.93. The largest absolute Gasteiger partial charge is 0.478 e. The maximum Gasteiger partial charge on any atom is 0.339 e. The molecule has 1 aliphatic rings. The first-order valence-corrected chi connectivity index (χ1v) is 5.18. The van der Waals surface area contributed by atoms with Crippen LogP contribution in [-0.4, -0.2) is 33.9 Å². The molecule has 1 fully saturated rings. The molecule has 0 aliphatic carbocycles. The Kier molecular flexibility index (Phi) is 6.52. The van der Waals surface area contributed by atoms with Gasteiger partial charge >= 0.3 is 5.97 Å². The number of hydrogen-bond donors (Lipinski definition) is 2. The van der Waals surface area contributed by atoms with Crippen LogP contribution in [0.5, 0.6) is 0 Å². The van der Waals surface area contributed by atoms with Gasteiger partial charge in [-0.2, -0.15) is 5.10 Å². The van der Waals surface area contributed by atoms with Crippen LogP contribution < -0.4 is 5.32 Å². The van der Waals surface area contributed by atoms with E-state index in [1.54, 1.807) is 0 Å². The maximum atomic E-state index is 10.9. The molecule has 98 valence electrons. The van der Waals surface area contributed by atoms with Gasteiger partial charge in [0.2, 0.25) is 0 Å². The Labute approximate surface area is 112 Å². The molecule has 5 nitrogen and oxygen atoms in total. The average Bonchev–Trinajstić information content (AvgIpc) is 2.61. The van der Waals surface area contributed by atoms with Crippen LogP contribution in [0.3, 0.4) is 0 Å². The molecule has 17 heavy (non-hydrogen) atoms. The second kappa shape index (κ2) is 6.83. The van der Waals surface area contributed by atoms with Crippen molar-refractivity contribution in [2.24, 2.45) is 0 Å². The van der Waals surface area contributed by atoms with Gasteiger partial charge < -0.3 is 10.4 Å². The van der Waals surface area contributed by atoms with E-state index in [0.717, 1.165) is 31.6 Å². The van der Waals surface area contributed by atoms with E-state index in [9.17, 15) is 4.79 Å². The van der Waals surface area contributed by atoms with Crippen LogP contribution in [0, 0.1) is 6.92 Å². The van der Waals surface area contributed by atoms with Crippen molar-refractivity contribution < 1.29 is 9.90 Å². The zero-order valence-electron chi connectivity index (χ0n) is 9.55. The molecule has 0 spiro atoms. The van der Waals surface area contributed by atoms with Crippen LogP contribution in [0.1, 0.15) is 34.9 Å². The lowest BCUT2D eigenvalue weighted by Crippen LogP contribution is -2.30. The number of piperidine rings is 1. The summed E-state index contributed by atoms with van der Waals surface area (Å²) in [6.07, 6.45) is 3.48. The molecule has 1 aromatic heterocycles. The highest BCUT2D eigenvalue weighted by molar-refractivity contribution is 5.88. The molecular weight excluding hydrogens is 265 g/mol. The van der Waals surface area contributed by atoms with Crippen LogP contribution in [0.15, 0.2) is 6.20 Å². The van der Waals surface area contributed by atoms with E-state index in [1.807, 2.05) is 11.6 Å². The molecule has 0 amide bonds. The smallest absolute Gasteiger partial charge is 0.339 e. The molecule has 0 bridgehead atoms. The van der Waals surface area contributed by atoms with E-state index in [2.05, 4.69) is 10.4 Å². The molecule has 1 aliphatic heterocycles. The van der Waals surface area contributed by atoms with Gasteiger partial charge in [0.25, 0.3) is 0 Å². The van der Waals surface area contributed by atoms with Gasteiger partial charge in [-0.15, -0.1) is 24.8 Å². The summed E-state index contributed by atoms with van der Waals surface area (Å²) in [7, 11) is 0. The Bertz CT molecular complexity index is 376. The van der Waals surface area contributed by atoms with Crippen LogP contribution in [0.25, 0.3) is 0 Å². The van der Waals surface area contributed by atoms with Crippen molar-refractivity contribution in [2.75, 3.05) is 13.1 Å². The molecule has 2 heterocycles. The van der Waals surface area contributed by atoms with Crippen molar-refractivity contribution in [3.63, 3.8) is 0 Å². The fourth-order valence-electron chi connectivity index (χ4n) is 2.05. The molecule has 0 radical (unpaired) electrons. The zero-order chi connectivity index (χ0) is 10.8. The summed E-state index contributed by atoms with van der Waals surface area (Å²) in [5, 5.41) is 16.4. The minimum absolute atomic E-state index is 0. The van der Waals surface area contributed by atoms with E-state index >= 15 is 0 Å². The van der Waals surface area contributed by atoms with Crippen molar-refractivity contribution in [2.45, 2.75) is 25.8 Å². The number of nitrogens with one attached hydrogen (secondary N) is 1. The van der Waals surface area contributed by atoms with Crippen LogP contribution in [0.2, 0.25) is 0 Å². The van der Waals surface area contributed by atoms with E-state index < -0.39 is 5.97 Å². The van der Waals surface area contributed by atoms with E-state index in [-0.39, 0.29) is 24.8 Å². The number of rotatable bonds is 2. The fourth-order valence-corrected chi connectivity index (χ4v) is 2.05. The molecule has 0 unspecified atom stereocenters. The van der Waals surface area contributed by atoms with Gasteiger partial charge in [0.1, 0.15) is 5.56 Å². The lowest BCUT2D eigenvalue weighted by molar-refractivity contribution is 0.0696. The second-order valence-corrected chi connectivity index (χ2v) is 3.87. The number of hydrogen-bond acceptors (Lipinski definition) is 3. The number of carboxylic acid groups (broad SMARTS) is 1. The molecule has 1 saturated heterocycles. The molecule has 7 heteroatoms. The Hall–Kier alpha value is -0.780. The molecule has 2 N–H and O–H groups in total. The Balaban J connectivity index is 0.00000128. The maximum absolute atomic E-state index is 10.9.